The smallest absolute Gasteiger partial charge is 0.215 e. The van der Waals surface area contributed by atoms with Crippen LogP contribution in [0.15, 0.2) is 110 Å². The van der Waals surface area contributed by atoms with Crippen LogP contribution in [-0.2, 0) is 28.4 Å². The molecule has 2 fully saturated rings. The Labute approximate surface area is 279 Å². The SMILES string of the molecule is Clc1ccc(C2(Cn3ccnc3)OCC(COc3ccc(N4CCN(Cc5ccc(-c6ccccn6)cc5)CC4)cc3)O2)c(Cl)c1. The number of hydrogen-bond donors (Lipinski definition) is 0. The summed E-state index contributed by atoms with van der Waals surface area (Å²) in [4.78, 5) is 13.6. The Bertz CT molecular complexity index is 1710. The Balaban J connectivity index is 0.907. The highest BCUT2D eigenvalue weighted by Gasteiger charge is 2.45. The van der Waals surface area contributed by atoms with Crippen LogP contribution < -0.4 is 9.64 Å². The second kappa shape index (κ2) is 13.8. The molecule has 2 aliphatic rings. The monoisotopic (exact) mass is 655 g/mol. The molecule has 0 amide bonds. The van der Waals surface area contributed by atoms with E-state index in [9.17, 15) is 0 Å². The summed E-state index contributed by atoms with van der Waals surface area (Å²) in [5.74, 6) is -0.289. The van der Waals surface area contributed by atoms with Gasteiger partial charge in [0.25, 0.3) is 0 Å². The van der Waals surface area contributed by atoms with Crippen molar-refractivity contribution in [1.82, 2.24) is 19.4 Å². The first-order valence-corrected chi connectivity index (χ1v) is 16.2. The molecule has 46 heavy (non-hydrogen) atoms. The lowest BCUT2D eigenvalue weighted by Gasteiger charge is -2.36. The molecule has 2 aromatic heterocycles. The van der Waals surface area contributed by atoms with Crippen LogP contribution in [-0.4, -0.2) is 64.9 Å². The van der Waals surface area contributed by atoms with Gasteiger partial charge in [-0.15, -0.1) is 0 Å². The normalized spacial score (nSPS) is 20.2. The number of imidazole rings is 1. The summed E-state index contributed by atoms with van der Waals surface area (Å²) >= 11 is 12.8. The number of nitrogens with zero attached hydrogens (tertiary/aromatic N) is 5. The predicted octanol–water partition coefficient (Wildman–Crippen LogP) is 6.92. The first-order chi connectivity index (χ1) is 22.5. The molecule has 5 aromatic rings. The van der Waals surface area contributed by atoms with E-state index >= 15 is 0 Å². The van der Waals surface area contributed by atoms with Crippen molar-refractivity contribution in [2.24, 2.45) is 0 Å². The average Bonchev–Trinajstić information content (AvgIpc) is 3.76. The van der Waals surface area contributed by atoms with Crippen LogP contribution in [0.2, 0.25) is 10.0 Å². The summed E-state index contributed by atoms with van der Waals surface area (Å²) in [6.45, 7) is 6.03. The molecule has 0 spiro atoms. The van der Waals surface area contributed by atoms with Crippen molar-refractivity contribution in [3.05, 3.63) is 131 Å². The van der Waals surface area contributed by atoms with Crippen molar-refractivity contribution in [1.29, 1.82) is 0 Å². The Morgan fingerprint density at radius 3 is 2.43 bits per heavy atom. The number of hydrogen-bond acceptors (Lipinski definition) is 7. The molecule has 8 nitrogen and oxygen atoms in total. The second-order valence-electron chi connectivity index (χ2n) is 11.6. The number of halogens is 2. The molecule has 3 aromatic carbocycles. The minimum Gasteiger partial charge on any atom is -0.491 e. The highest BCUT2D eigenvalue weighted by molar-refractivity contribution is 6.35. The van der Waals surface area contributed by atoms with Gasteiger partial charge in [-0.25, -0.2) is 4.98 Å². The van der Waals surface area contributed by atoms with Gasteiger partial charge in [0.1, 0.15) is 18.5 Å². The summed E-state index contributed by atoms with van der Waals surface area (Å²) in [5.41, 5.74) is 5.39. The van der Waals surface area contributed by atoms with Crippen molar-refractivity contribution >= 4 is 28.9 Å². The van der Waals surface area contributed by atoms with Crippen LogP contribution in [0.25, 0.3) is 11.3 Å². The van der Waals surface area contributed by atoms with Crippen molar-refractivity contribution in [3.8, 4) is 17.0 Å². The molecule has 4 heterocycles. The fourth-order valence-electron chi connectivity index (χ4n) is 6.05. The van der Waals surface area contributed by atoms with Gasteiger partial charge in [-0.05, 0) is 54.1 Å². The van der Waals surface area contributed by atoms with Crippen LogP contribution >= 0.6 is 23.2 Å². The first-order valence-electron chi connectivity index (χ1n) is 15.5. The number of aromatic nitrogens is 3. The zero-order chi connectivity index (χ0) is 31.3. The quantitative estimate of drug-likeness (QED) is 0.162. The molecule has 0 N–H and O–H groups in total. The standard InChI is InChI=1S/C36H35Cl2N5O3/c37-29-8-13-33(34(38)21-29)36(25-42-16-15-39-26-42)45-24-32(46-36)23-44-31-11-9-30(10-12-31)43-19-17-41(18-20-43)22-27-4-6-28(7-5-27)35-3-1-2-14-40-35/h1-16,21,26,32H,17-20,22-25H2. The molecular formula is C36H35Cl2N5O3. The number of ether oxygens (including phenoxy) is 3. The Morgan fingerprint density at radius 1 is 0.891 bits per heavy atom. The summed E-state index contributed by atoms with van der Waals surface area (Å²) in [6.07, 6.45) is 6.87. The number of benzene rings is 3. The number of pyridine rings is 1. The van der Waals surface area contributed by atoms with Gasteiger partial charge in [0.05, 0.1) is 30.2 Å². The lowest BCUT2D eigenvalue weighted by molar-refractivity contribution is -0.189. The number of piperazine rings is 1. The van der Waals surface area contributed by atoms with Gasteiger partial charge < -0.3 is 23.7 Å². The van der Waals surface area contributed by atoms with Gasteiger partial charge >= 0.3 is 0 Å². The third-order valence-corrected chi connectivity index (χ3v) is 9.03. The van der Waals surface area contributed by atoms with E-state index in [1.807, 2.05) is 53.4 Å². The van der Waals surface area contributed by atoms with Gasteiger partial charge in [0, 0.05) is 73.2 Å². The van der Waals surface area contributed by atoms with Gasteiger partial charge in [0.15, 0.2) is 0 Å². The van der Waals surface area contributed by atoms with E-state index in [-0.39, 0.29) is 6.10 Å². The van der Waals surface area contributed by atoms with E-state index in [0.29, 0.717) is 29.8 Å². The first kappa shape index (κ1) is 30.7. The van der Waals surface area contributed by atoms with E-state index in [1.54, 1.807) is 24.7 Å². The molecule has 2 saturated heterocycles. The maximum atomic E-state index is 6.60. The zero-order valence-electron chi connectivity index (χ0n) is 25.3. The van der Waals surface area contributed by atoms with Gasteiger partial charge in [0.2, 0.25) is 5.79 Å². The van der Waals surface area contributed by atoms with Crippen LogP contribution in [0.5, 0.6) is 5.75 Å². The summed E-state index contributed by atoms with van der Waals surface area (Å²) in [7, 11) is 0. The Morgan fingerprint density at radius 2 is 1.72 bits per heavy atom. The molecule has 10 heteroatoms. The minimum absolute atomic E-state index is 0.283. The van der Waals surface area contributed by atoms with Gasteiger partial charge in [-0.3, -0.25) is 9.88 Å². The second-order valence-corrected chi connectivity index (χ2v) is 12.5. The van der Waals surface area contributed by atoms with Crippen molar-refractivity contribution < 1.29 is 14.2 Å². The molecule has 2 unspecified atom stereocenters. The number of anilines is 1. The maximum Gasteiger partial charge on any atom is 0.215 e. The largest absolute Gasteiger partial charge is 0.491 e. The van der Waals surface area contributed by atoms with E-state index in [4.69, 9.17) is 37.4 Å². The Hall–Kier alpha value is -3.92. The predicted molar refractivity (Wildman–Crippen MR) is 180 cm³/mol. The lowest BCUT2D eigenvalue weighted by atomic mass is 10.1. The molecule has 7 rings (SSSR count). The minimum atomic E-state index is -1.08. The molecule has 0 aliphatic carbocycles. The molecule has 236 valence electrons. The molecule has 0 saturated carbocycles. The van der Waals surface area contributed by atoms with E-state index in [1.165, 1.54) is 11.3 Å². The van der Waals surface area contributed by atoms with Gasteiger partial charge in [-0.2, -0.15) is 0 Å². The lowest BCUT2D eigenvalue weighted by Crippen LogP contribution is -2.45. The van der Waals surface area contributed by atoms with Crippen LogP contribution in [0.1, 0.15) is 11.1 Å². The summed E-state index contributed by atoms with van der Waals surface area (Å²) in [6, 6.07) is 28.4. The van der Waals surface area contributed by atoms with Crippen molar-refractivity contribution in [2.45, 2.75) is 25.0 Å². The van der Waals surface area contributed by atoms with Crippen molar-refractivity contribution in [3.63, 3.8) is 0 Å². The molecule has 2 aliphatic heterocycles. The van der Waals surface area contributed by atoms with Crippen LogP contribution in [0, 0.1) is 0 Å². The van der Waals surface area contributed by atoms with Crippen LogP contribution in [0.4, 0.5) is 5.69 Å². The van der Waals surface area contributed by atoms with E-state index < -0.39 is 5.79 Å². The van der Waals surface area contributed by atoms with Crippen LogP contribution in [0.3, 0.4) is 0 Å². The highest BCUT2D eigenvalue weighted by Crippen LogP contribution is 2.40. The maximum absolute atomic E-state index is 6.60. The van der Waals surface area contributed by atoms with E-state index in [2.05, 4.69) is 56.2 Å². The third kappa shape index (κ3) is 7.07. The van der Waals surface area contributed by atoms with Crippen molar-refractivity contribution in [2.75, 3.05) is 44.3 Å². The highest BCUT2D eigenvalue weighted by atomic mass is 35.5. The molecule has 2 atom stereocenters. The third-order valence-electron chi connectivity index (χ3n) is 8.48. The molecule has 0 bridgehead atoms. The topological polar surface area (TPSA) is 64.9 Å². The summed E-state index contributed by atoms with van der Waals surface area (Å²) in [5, 5.41) is 1.04. The van der Waals surface area contributed by atoms with Gasteiger partial charge in [-0.1, -0.05) is 59.6 Å². The molecule has 0 radical (unpaired) electrons. The fraction of sp³-hybridized carbons (Fsp3) is 0.278. The fourth-order valence-corrected chi connectivity index (χ4v) is 6.61. The number of rotatable bonds is 10. The zero-order valence-corrected chi connectivity index (χ0v) is 26.9. The van der Waals surface area contributed by atoms with E-state index in [0.717, 1.165) is 55.3 Å². The summed E-state index contributed by atoms with van der Waals surface area (Å²) < 4.78 is 20.9. The molecular weight excluding hydrogens is 621 g/mol. The average molecular weight is 657 g/mol. The Kier molecular flexibility index (Phi) is 9.23.